The van der Waals surface area contributed by atoms with E-state index in [4.69, 9.17) is 34.8 Å². The summed E-state index contributed by atoms with van der Waals surface area (Å²) in [6.45, 7) is -2.91. The molecule has 0 amide bonds. The molecule has 0 heterocycles. The van der Waals surface area contributed by atoms with Crippen LogP contribution in [0.5, 0.6) is 5.75 Å². The fourth-order valence-electron chi connectivity index (χ4n) is 0.880. The minimum Gasteiger partial charge on any atom is -0.434 e. The average Bonchev–Trinajstić information content (AvgIpc) is 2.10. The Kier molecular flexibility index (Phi) is 4.23. The average molecular weight is 261 g/mol. The third-order valence-corrected chi connectivity index (χ3v) is 2.47. The molecule has 0 aromatic heterocycles. The van der Waals surface area contributed by atoms with Crippen molar-refractivity contribution in [3.63, 3.8) is 0 Å². The fourth-order valence-corrected chi connectivity index (χ4v) is 1.43. The molecular weight excluding hydrogens is 256 g/mol. The van der Waals surface area contributed by atoms with Crippen molar-refractivity contribution in [3.05, 3.63) is 27.7 Å². The molecule has 0 fully saturated rings. The SMILES string of the molecule is FC(F)Oc1cc(Cl)c(Cl)cc1CCl. The molecule has 0 aliphatic heterocycles. The third kappa shape index (κ3) is 2.87. The van der Waals surface area contributed by atoms with Gasteiger partial charge in [0, 0.05) is 11.6 Å². The van der Waals surface area contributed by atoms with Gasteiger partial charge in [-0.3, -0.25) is 0 Å². The van der Waals surface area contributed by atoms with Gasteiger partial charge in [0.15, 0.2) is 0 Å². The molecule has 1 nitrogen and oxygen atoms in total. The van der Waals surface area contributed by atoms with E-state index in [2.05, 4.69) is 4.74 Å². The van der Waals surface area contributed by atoms with E-state index >= 15 is 0 Å². The van der Waals surface area contributed by atoms with Crippen molar-refractivity contribution >= 4 is 34.8 Å². The molecule has 1 rings (SSSR count). The summed E-state index contributed by atoms with van der Waals surface area (Å²) in [5, 5.41) is 0.403. The number of ether oxygens (including phenoxy) is 1. The molecule has 0 saturated heterocycles. The summed E-state index contributed by atoms with van der Waals surface area (Å²) in [4.78, 5) is 0. The first kappa shape index (κ1) is 11.8. The number of hydrogen-bond donors (Lipinski definition) is 0. The highest BCUT2D eigenvalue weighted by molar-refractivity contribution is 6.42. The van der Waals surface area contributed by atoms with Crippen LogP contribution in [0.15, 0.2) is 12.1 Å². The first-order valence-corrected chi connectivity index (χ1v) is 4.82. The van der Waals surface area contributed by atoms with E-state index in [1.807, 2.05) is 0 Å². The molecular formula is C8H5Cl3F2O. The van der Waals surface area contributed by atoms with E-state index < -0.39 is 6.61 Å². The van der Waals surface area contributed by atoms with Gasteiger partial charge in [0.1, 0.15) is 5.75 Å². The normalized spacial score (nSPS) is 10.7. The molecule has 0 spiro atoms. The van der Waals surface area contributed by atoms with Crippen molar-refractivity contribution in [1.82, 2.24) is 0 Å². The van der Waals surface area contributed by atoms with Gasteiger partial charge >= 0.3 is 6.61 Å². The monoisotopic (exact) mass is 260 g/mol. The maximum absolute atomic E-state index is 11.9. The van der Waals surface area contributed by atoms with E-state index in [-0.39, 0.29) is 21.7 Å². The Balaban J connectivity index is 3.07. The topological polar surface area (TPSA) is 9.23 Å². The van der Waals surface area contributed by atoms with Gasteiger partial charge in [-0.2, -0.15) is 8.78 Å². The van der Waals surface area contributed by atoms with Gasteiger partial charge < -0.3 is 4.74 Å². The van der Waals surface area contributed by atoms with E-state index in [1.54, 1.807) is 0 Å². The molecule has 0 saturated carbocycles. The van der Waals surface area contributed by atoms with Crippen molar-refractivity contribution in [2.75, 3.05) is 0 Å². The second kappa shape index (κ2) is 5.01. The summed E-state index contributed by atoms with van der Waals surface area (Å²) >= 11 is 16.8. The van der Waals surface area contributed by atoms with Crippen molar-refractivity contribution in [2.45, 2.75) is 12.5 Å². The molecule has 0 N–H and O–H groups in total. The summed E-state index contributed by atoms with van der Waals surface area (Å²) in [7, 11) is 0. The summed E-state index contributed by atoms with van der Waals surface area (Å²) in [5.74, 6) is -0.0248. The number of alkyl halides is 3. The fraction of sp³-hybridized carbons (Fsp3) is 0.250. The highest BCUT2D eigenvalue weighted by atomic mass is 35.5. The molecule has 14 heavy (non-hydrogen) atoms. The van der Waals surface area contributed by atoms with Crippen LogP contribution in [-0.2, 0) is 5.88 Å². The minimum absolute atomic E-state index is 0.0267. The molecule has 1 aromatic rings. The van der Waals surface area contributed by atoms with Crippen LogP contribution in [-0.4, -0.2) is 6.61 Å². The zero-order valence-electron chi connectivity index (χ0n) is 6.74. The van der Waals surface area contributed by atoms with Crippen molar-refractivity contribution < 1.29 is 13.5 Å². The molecule has 0 aliphatic rings. The van der Waals surface area contributed by atoms with E-state index in [0.29, 0.717) is 5.56 Å². The lowest BCUT2D eigenvalue weighted by molar-refractivity contribution is -0.0503. The number of halogens is 5. The Morgan fingerprint density at radius 2 is 1.79 bits per heavy atom. The summed E-state index contributed by atoms with van der Waals surface area (Å²) in [6.07, 6.45) is 0. The molecule has 6 heteroatoms. The Morgan fingerprint density at radius 1 is 1.21 bits per heavy atom. The summed E-state index contributed by atoms with van der Waals surface area (Å²) < 4.78 is 28.1. The second-order valence-electron chi connectivity index (χ2n) is 2.39. The van der Waals surface area contributed by atoms with E-state index in [9.17, 15) is 8.78 Å². The number of benzene rings is 1. The smallest absolute Gasteiger partial charge is 0.387 e. The molecule has 0 aliphatic carbocycles. The molecule has 1 aromatic carbocycles. The predicted octanol–water partition coefficient (Wildman–Crippen LogP) is 4.33. The van der Waals surface area contributed by atoms with Crippen LogP contribution in [0.3, 0.4) is 0 Å². The summed E-state index contributed by atoms with van der Waals surface area (Å²) in [5.41, 5.74) is 0.376. The quantitative estimate of drug-likeness (QED) is 0.736. The lowest BCUT2D eigenvalue weighted by atomic mass is 10.2. The van der Waals surface area contributed by atoms with E-state index in [0.717, 1.165) is 0 Å². The highest BCUT2D eigenvalue weighted by Gasteiger charge is 2.12. The van der Waals surface area contributed by atoms with Gasteiger partial charge in [0.2, 0.25) is 0 Å². The van der Waals surface area contributed by atoms with Crippen LogP contribution in [0.2, 0.25) is 10.0 Å². The lowest BCUT2D eigenvalue weighted by Crippen LogP contribution is -2.04. The van der Waals surface area contributed by atoms with Crippen molar-refractivity contribution in [1.29, 1.82) is 0 Å². The standard InChI is InChI=1S/C8H5Cl3F2O/c9-3-4-1-5(10)6(11)2-7(4)14-8(12)13/h1-2,8H,3H2. The Bertz CT molecular complexity index is 331. The first-order valence-electron chi connectivity index (χ1n) is 3.53. The maximum Gasteiger partial charge on any atom is 0.387 e. The molecule has 0 atom stereocenters. The molecule has 0 radical (unpaired) electrons. The van der Waals surface area contributed by atoms with Crippen LogP contribution < -0.4 is 4.74 Å². The first-order chi connectivity index (χ1) is 6.54. The number of rotatable bonds is 3. The lowest BCUT2D eigenvalue weighted by Gasteiger charge is -2.09. The van der Waals surface area contributed by atoms with Crippen LogP contribution in [0, 0.1) is 0 Å². The highest BCUT2D eigenvalue weighted by Crippen LogP contribution is 2.32. The number of hydrogen-bond acceptors (Lipinski definition) is 1. The van der Waals surface area contributed by atoms with Gasteiger partial charge in [-0.25, -0.2) is 0 Å². The van der Waals surface area contributed by atoms with Gasteiger partial charge in [0.25, 0.3) is 0 Å². The molecule has 78 valence electrons. The zero-order chi connectivity index (χ0) is 10.7. The zero-order valence-corrected chi connectivity index (χ0v) is 9.01. The maximum atomic E-state index is 11.9. The predicted molar refractivity (Wildman–Crippen MR) is 52.7 cm³/mol. The van der Waals surface area contributed by atoms with Crippen LogP contribution in [0.25, 0.3) is 0 Å². The van der Waals surface area contributed by atoms with Crippen LogP contribution >= 0.6 is 34.8 Å². The van der Waals surface area contributed by atoms with Crippen molar-refractivity contribution in [3.8, 4) is 5.75 Å². The van der Waals surface area contributed by atoms with Gasteiger partial charge in [-0.1, -0.05) is 23.2 Å². The largest absolute Gasteiger partial charge is 0.434 e. The van der Waals surface area contributed by atoms with Gasteiger partial charge in [-0.05, 0) is 6.07 Å². The molecule has 0 unspecified atom stereocenters. The minimum atomic E-state index is -2.91. The Hall–Kier alpha value is -0.250. The Labute approximate surface area is 94.5 Å². The van der Waals surface area contributed by atoms with Crippen LogP contribution in [0.1, 0.15) is 5.56 Å². The second-order valence-corrected chi connectivity index (χ2v) is 3.47. The summed E-state index contributed by atoms with van der Waals surface area (Å²) in [6, 6.07) is 2.61. The van der Waals surface area contributed by atoms with Gasteiger partial charge in [-0.15, -0.1) is 11.6 Å². The Morgan fingerprint density at radius 3 is 2.29 bits per heavy atom. The van der Waals surface area contributed by atoms with Gasteiger partial charge in [0.05, 0.1) is 15.9 Å². The van der Waals surface area contributed by atoms with Crippen LogP contribution in [0.4, 0.5) is 8.78 Å². The third-order valence-electron chi connectivity index (χ3n) is 1.46. The molecule has 0 bridgehead atoms. The van der Waals surface area contributed by atoms with E-state index in [1.165, 1.54) is 12.1 Å². The van der Waals surface area contributed by atoms with Crippen molar-refractivity contribution in [2.24, 2.45) is 0 Å².